The zero-order valence-corrected chi connectivity index (χ0v) is 12.7. The average Bonchev–Trinajstić information content (AvgIpc) is 2.37. The molecule has 3 nitrogen and oxygen atoms in total. The quantitative estimate of drug-likeness (QED) is 0.664. The van der Waals surface area contributed by atoms with Crippen molar-refractivity contribution in [3.05, 3.63) is 28.5 Å². The summed E-state index contributed by atoms with van der Waals surface area (Å²) in [6, 6.07) is 4.12. The lowest BCUT2D eigenvalue weighted by Gasteiger charge is -2.36. The van der Waals surface area contributed by atoms with E-state index < -0.39 is 0 Å². The van der Waals surface area contributed by atoms with Crippen molar-refractivity contribution in [1.82, 2.24) is 10.4 Å². The van der Waals surface area contributed by atoms with Gasteiger partial charge in [-0.05, 0) is 58.7 Å². The molecule has 100 valence electrons. The molecule has 18 heavy (non-hydrogen) atoms. The predicted molar refractivity (Wildman–Crippen MR) is 77.7 cm³/mol. The summed E-state index contributed by atoms with van der Waals surface area (Å²) in [4.78, 5) is 4.48. The zero-order valence-electron chi connectivity index (χ0n) is 11.1. The number of nitrogens with two attached hydrogens (primary N) is 1. The highest BCUT2D eigenvalue weighted by Gasteiger charge is 2.31. The highest BCUT2D eigenvalue weighted by Crippen LogP contribution is 2.40. The lowest BCUT2D eigenvalue weighted by Crippen LogP contribution is -2.37. The van der Waals surface area contributed by atoms with E-state index in [1.807, 2.05) is 18.3 Å². The topological polar surface area (TPSA) is 50.9 Å². The van der Waals surface area contributed by atoms with Crippen molar-refractivity contribution in [3.63, 3.8) is 0 Å². The summed E-state index contributed by atoms with van der Waals surface area (Å²) in [5.74, 6) is 7.94. The molecule has 1 saturated carbocycles. The first-order valence-corrected chi connectivity index (χ1v) is 7.49. The molecule has 4 heteroatoms. The van der Waals surface area contributed by atoms with Gasteiger partial charge in [-0.1, -0.05) is 20.3 Å². The van der Waals surface area contributed by atoms with E-state index >= 15 is 0 Å². The van der Waals surface area contributed by atoms with Crippen LogP contribution in [0.3, 0.4) is 0 Å². The molecule has 1 aromatic rings. The third kappa shape index (κ3) is 2.92. The maximum Gasteiger partial charge on any atom is 0.0731 e. The molecular weight excluding hydrogens is 290 g/mol. The van der Waals surface area contributed by atoms with Crippen LogP contribution in [0.15, 0.2) is 22.8 Å². The molecule has 1 aliphatic carbocycles. The number of aromatic nitrogens is 1. The molecule has 1 fully saturated rings. The van der Waals surface area contributed by atoms with E-state index in [9.17, 15) is 0 Å². The van der Waals surface area contributed by atoms with Gasteiger partial charge < -0.3 is 0 Å². The van der Waals surface area contributed by atoms with Crippen molar-refractivity contribution in [3.8, 4) is 0 Å². The molecule has 4 unspecified atom stereocenters. The third-order valence-corrected chi connectivity index (χ3v) is 5.04. The van der Waals surface area contributed by atoms with E-state index in [1.54, 1.807) is 0 Å². The summed E-state index contributed by atoms with van der Waals surface area (Å²) in [6.07, 6.45) is 5.57. The largest absolute Gasteiger partial charge is 0.271 e. The van der Waals surface area contributed by atoms with Gasteiger partial charge in [-0.15, -0.1) is 0 Å². The van der Waals surface area contributed by atoms with E-state index in [1.165, 1.54) is 19.3 Å². The second-order valence-electron chi connectivity index (χ2n) is 5.54. The second-order valence-corrected chi connectivity index (χ2v) is 6.40. The Kier molecular flexibility index (Phi) is 4.76. The first-order valence-electron chi connectivity index (χ1n) is 6.70. The van der Waals surface area contributed by atoms with Crippen LogP contribution in [-0.2, 0) is 0 Å². The molecule has 1 aromatic heterocycles. The molecule has 0 spiro atoms. The Morgan fingerprint density at radius 1 is 1.39 bits per heavy atom. The minimum Gasteiger partial charge on any atom is -0.271 e. The second kappa shape index (κ2) is 6.13. The molecular formula is C14H22BrN3. The molecule has 3 N–H and O–H groups in total. The molecule has 1 heterocycles. The molecule has 2 rings (SSSR count). The fraction of sp³-hybridized carbons (Fsp3) is 0.643. The molecule has 1 aliphatic rings. The van der Waals surface area contributed by atoms with Crippen LogP contribution in [0, 0.1) is 17.8 Å². The molecule has 0 saturated heterocycles. The number of nitrogens with zero attached hydrogens (tertiary/aromatic N) is 1. The Morgan fingerprint density at radius 3 is 2.78 bits per heavy atom. The number of nitrogens with one attached hydrogen (secondary N) is 1. The van der Waals surface area contributed by atoms with Gasteiger partial charge in [0.1, 0.15) is 0 Å². The Bertz CT molecular complexity index is 396. The number of pyridine rings is 1. The van der Waals surface area contributed by atoms with Crippen LogP contribution in [-0.4, -0.2) is 4.98 Å². The van der Waals surface area contributed by atoms with E-state index in [2.05, 4.69) is 40.2 Å². The first-order chi connectivity index (χ1) is 8.63. The van der Waals surface area contributed by atoms with E-state index in [4.69, 9.17) is 5.84 Å². The van der Waals surface area contributed by atoms with Crippen molar-refractivity contribution >= 4 is 15.9 Å². The fourth-order valence-corrected chi connectivity index (χ4v) is 3.46. The minimum atomic E-state index is 0.149. The Morgan fingerprint density at radius 2 is 2.17 bits per heavy atom. The fourth-order valence-electron chi connectivity index (χ4n) is 2.96. The van der Waals surface area contributed by atoms with E-state index in [0.29, 0.717) is 5.92 Å². The van der Waals surface area contributed by atoms with Crippen LogP contribution < -0.4 is 11.3 Å². The first kappa shape index (κ1) is 14.0. The smallest absolute Gasteiger partial charge is 0.0731 e. The molecule has 0 aliphatic heterocycles. The summed E-state index contributed by atoms with van der Waals surface area (Å²) >= 11 is 3.57. The van der Waals surface area contributed by atoms with Gasteiger partial charge in [0.15, 0.2) is 0 Å². The van der Waals surface area contributed by atoms with Crippen LogP contribution in [0.1, 0.15) is 44.8 Å². The summed E-state index contributed by atoms with van der Waals surface area (Å²) in [7, 11) is 0. The monoisotopic (exact) mass is 311 g/mol. The summed E-state index contributed by atoms with van der Waals surface area (Å²) in [6.45, 7) is 4.69. The van der Waals surface area contributed by atoms with Gasteiger partial charge in [0.2, 0.25) is 0 Å². The van der Waals surface area contributed by atoms with Crippen molar-refractivity contribution in [2.24, 2.45) is 23.6 Å². The van der Waals surface area contributed by atoms with Crippen molar-refractivity contribution in [2.75, 3.05) is 0 Å². The van der Waals surface area contributed by atoms with Gasteiger partial charge in [0, 0.05) is 10.7 Å². The van der Waals surface area contributed by atoms with Crippen LogP contribution in [0.2, 0.25) is 0 Å². The van der Waals surface area contributed by atoms with Crippen LogP contribution in [0.4, 0.5) is 0 Å². The van der Waals surface area contributed by atoms with Crippen molar-refractivity contribution in [1.29, 1.82) is 0 Å². The summed E-state index contributed by atoms with van der Waals surface area (Å²) in [5, 5.41) is 0. The molecule has 4 atom stereocenters. The highest BCUT2D eigenvalue weighted by molar-refractivity contribution is 9.10. The molecule has 0 amide bonds. The molecule has 0 radical (unpaired) electrons. The third-order valence-electron chi connectivity index (χ3n) is 4.37. The van der Waals surface area contributed by atoms with Crippen molar-refractivity contribution < 1.29 is 0 Å². The van der Waals surface area contributed by atoms with E-state index in [-0.39, 0.29) is 6.04 Å². The Hall–Kier alpha value is -0.450. The highest BCUT2D eigenvalue weighted by atomic mass is 79.9. The predicted octanol–water partition coefficient (Wildman–Crippen LogP) is 3.42. The van der Waals surface area contributed by atoms with Crippen molar-refractivity contribution in [2.45, 2.75) is 39.2 Å². The Labute approximate surface area is 118 Å². The van der Waals surface area contributed by atoms with Gasteiger partial charge in [-0.25, -0.2) is 0 Å². The van der Waals surface area contributed by atoms with Crippen LogP contribution in [0.25, 0.3) is 0 Å². The van der Waals surface area contributed by atoms with Gasteiger partial charge >= 0.3 is 0 Å². The number of hydrogen-bond donors (Lipinski definition) is 2. The molecule has 0 aromatic carbocycles. The number of rotatable bonds is 3. The average molecular weight is 312 g/mol. The Balaban J connectivity index is 2.17. The van der Waals surface area contributed by atoms with Crippen LogP contribution >= 0.6 is 15.9 Å². The minimum absolute atomic E-state index is 0.149. The summed E-state index contributed by atoms with van der Waals surface area (Å²) in [5.41, 5.74) is 4.01. The van der Waals surface area contributed by atoms with Gasteiger partial charge in [-0.2, -0.15) is 0 Å². The number of hydrazine groups is 1. The van der Waals surface area contributed by atoms with Gasteiger partial charge in [-0.3, -0.25) is 16.3 Å². The number of halogens is 1. The number of hydrogen-bond acceptors (Lipinski definition) is 3. The summed E-state index contributed by atoms with van der Waals surface area (Å²) < 4.78 is 1.04. The molecule has 0 bridgehead atoms. The maximum absolute atomic E-state index is 5.77. The zero-order chi connectivity index (χ0) is 13.1. The normalized spacial score (nSPS) is 30.1. The SMILES string of the molecule is CC1CCC(C(NN)c2ncccc2Br)CC1C. The lowest BCUT2D eigenvalue weighted by molar-refractivity contribution is 0.169. The van der Waals surface area contributed by atoms with Crippen LogP contribution in [0.5, 0.6) is 0 Å². The van der Waals surface area contributed by atoms with E-state index in [0.717, 1.165) is 22.0 Å². The van der Waals surface area contributed by atoms with Gasteiger partial charge in [0.25, 0.3) is 0 Å². The van der Waals surface area contributed by atoms with Gasteiger partial charge in [0.05, 0.1) is 11.7 Å². The lowest BCUT2D eigenvalue weighted by atomic mass is 9.73. The standard InChI is InChI=1S/C14H22BrN3/c1-9-5-6-11(8-10(9)2)13(18-16)14-12(15)4-3-7-17-14/h3-4,7,9-11,13,18H,5-6,8,16H2,1-2H3. The maximum atomic E-state index is 5.77.